The van der Waals surface area contributed by atoms with E-state index in [9.17, 15) is 0 Å². The maximum absolute atomic E-state index is 5.65. The molecule has 0 bridgehead atoms. The van der Waals surface area contributed by atoms with Crippen molar-refractivity contribution in [3.05, 3.63) is 48.0 Å². The van der Waals surface area contributed by atoms with E-state index >= 15 is 0 Å². The zero-order chi connectivity index (χ0) is 14.0. The van der Waals surface area contributed by atoms with Crippen molar-refractivity contribution in [2.75, 3.05) is 13.2 Å². The highest BCUT2D eigenvalue weighted by Gasteiger charge is 1.97. The Labute approximate surface area is 120 Å². The Balaban J connectivity index is 1.65. The van der Waals surface area contributed by atoms with Crippen LogP contribution in [0.1, 0.15) is 31.2 Å². The highest BCUT2D eigenvalue weighted by molar-refractivity contribution is 5.27. The number of hydrogen-bond donors (Lipinski definition) is 2. The minimum Gasteiger partial charge on any atom is -0.494 e. The van der Waals surface area contributed by atoms with Crippen LogP contribution in [0.5, 0.6) is 5.75 Å². The SMILES string of the molecule is CCCCOc1ccc(CCNCc2ncc[nH]2)cc1. The van der Waals surface area contributed by atoms with E-state index in [-0.39, 0.29) is 0 Å². The second kappa shape index (κ2) is 8.38. The van der Waals surface area contributed by atoms with Crippen LogP contribution < -0.4 is 10.1 Å². The lowest BCUT2D eigenvalue weighted by atomic mass is 10.1. The molecule has 0 amide bonds. The number of nitrogens with one attached hydrogen (secondary N) is 2. The van der Waals surface area contributed by atoms with Gasteiger partial charge in [0.1, 0.15) is 11.6 Å². The summed E-state index contributed by atoms with van der Waals surface area (Å²) in [5.41, 5.74) is 1.32. The number of rotatable bonds is 9. The molecule has 0 aliphatic carbocycles. The van der Waals surface area contributed by atoms with Gasteiger partial charge in [0.05, 0.1) is 13.2 Å². The minimum atomic E-state index is 0.783. The van der Waals surface area contributed by atoms with Gasteiger partial charge in [0, 0.05) is 12.4 Å². The molecule has 4 nitrogen and oxygen atoms in total. The molecule has 108 valence electrons. The number of ether oxygens (including phenoxy) is 1. The van der Waals surface area contributed by atoms with Crippen molar-refractivity contribution in [2.45, 2.75) is 32.7 Å². The quantitative estimate of drug-likeness (QED) is 0.691. The van der Waals surface area contributed by atoms with Crippen molar-refractivity contribution in [3.63, 3.8) is 0 Å². The molecule has 0 aliphatic heterocycles. The lowest BCUT2D eigenvalue weighted by molar-refractivity contribution is 0.309. The maximum atomic E-state index is 5.65. The number of H-pyrrole nitrogens is 1. The van der Waals surface area contributed by atoms with E-state index in [0.29, 0.717) is 0 Å². The van der Waals surface area contributed by atoms with Crippen molar-refractivity contribution in [3.8, 4) is 5.75 Å². The van der Waals surface area contributed by atoms with E-state index in [4.69, 9.17) is 4.74 Å². The third kappa shape index (κ3) is 5.05. The molecule has 1 heterocycles. The average Bonchev–Trinajstić information content (AvgIpc) is 2.99. The summed E-state index contributed by atoms with van der Waals surface area (Å²) in [6.45, 7) is 4.70. The molecule has 2 N–H and O–H groups in total. The largest absolute Gasteiger partial charge is 0.494 e. The van der Waals surface area contributed by atoms with Crippen molar-refractivity contribution in [1.82, 2.24) is 15.3 Å². The molecule has 0 aliphatic rings. The van der Waals surface area contributed by atoms with Gasteiger partial charge in [-0.15, -0.1) is 0 Å². The van der Waals surface area contributed by atoms with E-state index in [1.165, 1.54) is 12.0 Å². The van der Waals surface area contributed by atoms with Gasteiger partial charge < -0.3 is 15.0 Å². The van der Waals surface area contributed by atoms with Crippen LogP contribution in [-0.4, -0.2) is 23.1 Å². The molecule has 4 heteroatoms. The zero-order valence-corrected chi connectivity index (χ0v) is 12.1. The molecule has 0 fully saturated rings. The van der Waals surface area contributed by atoms with E-state index in [0.717, 1.165) is 44.1 Å². The van der Waals surface area contributed by atoms with Gasteiger partial charge in [0.15, 0.2) is 0 Å². The second-order valence-electron chi connectivity index (χ2n) is 4.81. The number of nitrogens with zero attached hydrogens (tertiary/aromatic N) is 1. The van der Waals surface area contributed by atoms with Crippen molar-refractivity contribution < 1.29 is 4.74 Å². The molecule has 0 spiro atoms. The number of imidazole rings is 1. The van der Waals surface area contributed by atoms with Crippen LogP contribution in [0.25, 0.3) is 0 Å². The topological polar surface area (TPSA) is 49.9 Å². The molecule has 2 rings (SSSR count). The monoisotopic (exact) mass is 273 g/mol. The van der Waals surface area contributed by atoms with E-state index < -0.39 is 0 Å². The number of benzene rings is 1. The number of aromatic nitrogens is 2. The van der Waals surface area contributed by atoms with Crippen molar-refractivity contribution in [1.29, 1.82) is 0 Å². The van der Waals surface area contributed by atoms with E-state index in [1.807, 2.05) is 6.20 Å². The van der Waals surface area contributed by atoms with Crippen LogP contribution in [0.2, 0.25) is 0 Å². The Hall–Kier alpha value is -1.81. The molecule has 0 saturated carbocycles. The fraction of sp³-hybridized carbons (Fsp3) is 0.438. The summed E-state index contributed by atoms with van der Waals surface area (Å²) in [5, 5.41) is 3.37. The van der Waals surface area contributed by atoms with Gasteiger partial charge in [0.2, 0.25) is 0 Å². The number of aromatic amines is 1. The fourth-order valence-corrected chi connectivity index (χ4v) is 1.92. The Morgan fingerprint density at radius 2 is 2.10 bits per heavy atom. The van der Waals surface area contributed by atoms with Gasteiger partial charge in [0.25, 0.3) is 0 Å². The van der Waals surface area contributed by atoms with Gasteiger partial charge in [-0.25, -0.2) is 4.98 Å². The van der Waals surface area contributed by atoms with Crippen LogP contribution in [0.3, 0.4) is 0 Å². The predicted octanol–water partition coefficient (Wildman–Crippen LogP) is 2.92. The molecule has 1 aromatic heterocycles. The van der Waals surface area contributed by atoms with Crippen LogP contribution in [0.4, 0.5) is 0 Å². The summed E-state index contributed by atoms with van der Waals surface area (Å²) in [6, 6.07) is 8.38. The highest BCUT2D eigenvalue weighted by atomic mass is 16.5. The first-order valence-electron chi connectivity index (χ1n) is 7.29. The summed E-state index contributed by atoms with van der Waals surface area (Å²) >= 11 is 0. The number of hydrogen-bond acceptors (Lipinski definition) is 3. The van der Waals surface area contributed by atoms with Crippen LogP contribution in [-0.2, 0) is 13.0 Å². The van der Waals surface area contributed by atoms with Crippen LogP contribution in [0.15, 0.2) is 36.7 Å². The Bertz CT molecular complexity index is 465. The molecule has 0 atom stereocenters. The standard InChI is InChI=1S/C16H23N3O/c1-2-3-12-20-15-6-4-14(5-7-15)8-9-17-13-16-18-10-11-19-16/h4-7,10-11,17H,2-3,8-9,12-13H2,1H3,(H,18,19). The first-order chi connectivity index (χ1) is 9.88. The second-order valence-corrected chi connectivity index (χ2v) is 4.81. The molecular formula is C16H23N3O. The summed E-state index contributed by atoms with van der Waals surface area (Å²) in [5.74, 6) is 1.94. The molecule has 0 unspecified atom stereocenters. The minimum absolute atomic E-state index is 0.783. The molecule has 0 saturated heterocycles. The predicted molar refractivity (Wildman–Crippen MR) is 80.8 cm³/mol. The average molecular weight is 273 g/mol. The van der Waals surface area contributed by atoms with Crippen LogP contribution >= 0.6 is 0 Å². The highest BCUT2D eigenvalue weighted by Crippen LogP contribution is 2.12. The van der Waals surface area contributed by atoms with Gasteiger partial charge in [-0.3, -0.25) is 0 Å². The Morgan fingerprint density at radius 3 is 2.80 bits per heavy atom. The summed E-state index contributed by atoms with van der Waals surface area (Å²) < 4.78 is 5.65. The third-order valence-corrected chi connectivity index (χ3v) is 3.13. The van der Waals surface area contributed by atoms with Crippen molar-refractivity contribution >= 4 is 0 Å². The molecule has 20 heavy (non-hydrogen) atoms. The van der Waals surface area contributed by atoms with Gasteiger partial charge >= 0.3 is 0 Å². The Kier molecular flexibility index (Phi) is 6.11. The molecular weight excluding hydrogens is 250 g/mol. The zero-order valence-electron chi connectivity index (χ0n) is 12.1. The van der Waals surface area contributed by atoms with Gasteiger partial charge in [-0.2, -0.15) is 0 Å². The lowest BCUT2D eigenvalue weighted by Gasteiger charge is -2.07. The smallest absolute Gasteiger partial charge is 0.120 e. The summed E-state index contributed by atoms with van der Waals surface area (Å²) in [7, 11) is 0. The molecule has 1 aromatic carbocycles. The lowest BCUT2D eigenvalue weighted by Crippen LogP contribution is -2.17. The van der Waals surface area contributed by atoms with E-state index in [1.54, 1.807) is 6.20 Å². The van der Waals surface area contributed by atoms with Gasteiger partial charge in [-0.05, 0) is 37.1 Å². The number of unbranched alkanes of at least 4 members (excludes halogenated alkanes) is 1. The Morgan fingerprint density at radius 1 is 1.25 bits per heavy atom. The summed E-state index contributed by atoms with van der Waals surface area (Å²) in [4.78, 5) is 7.25. The van der Waals surface area contributed by atoms with Crippen molar-refractivity contribution in [2.24, 2.45) is 0 Å². The first-order valence-corrected chi connectivity index (χ1v) is 7.29. The summed E-state index contributed by atoms with van der Waals surface area (Å²) in [6.07, 6.45) is 6.90. The van der Waals surface area contributed by atoms with Gasteiger partial charge in [-0.1, -0.05) is 25.5 Å². The molecule has 2 aromatic rings. The van der Waals surface area contributed by atoms with Crippen LogP contribution in [0, 0.1) is 0 Å². The van der Waals surface area contributed by atoms with E-state index in [2.05, 4.69) is 46.5 Å². The first kappa shape index (κ1) is 14.6. The maximum Gasteiger partial charge on any atom is 0.120 e. The fourth-order valence-electron chi connectivity index (χ4n) is 1.92. The normalized spacial score (nSPS) is 10.7. The third-order valence-electron chi connectivity index (χ3n) is 3.13. The molecule has 0 radical (unpaired) electrons.